The summed E-state index contributed by atoms with van der Waals surface area (Å²) in [5.74, 6) is 0.586. The molecule has 0 aliphatic carbocycles. The minimum Gasteiger partial charge on any atom is -0.313 e. The number of benzene rings is 1. The Morgan fingerprint density at radius 2 is 1.90 bits per heavy atom. The van der Waals surface area contributed by atoms with Crippen molar-refractivity contribution in [1.82, 2.24) is 14.9 Å². The second-order valence-electron chi connectivity index (χ2n) is 5.48. The third-order valence-electron chi connectivity index (χ3n) is 3.94. The Hall–Kier alpha value is -2.13. The summed E-state index contributed by atoms with van der Waals surface area (Å²) < 4.78 is 1.92. The molecule has 3 aromatic rings. The van der Waals surface area contributed by atoms with E-state index in [1.165, 1.54) is 16.6 Å². The van der Waals surface area contributed by atoms with E-state index in [-0.39, 0.29) is 0 Å². The van der Waals surface area contributed by atoms with Gasteiger partial charge in [0.05, 0.1) is 11.7 Å². The fourth-order valence-electron chi connectivity index (χ4n) is 2.61. The molecule has 0 saturated heterocycles. The highest BCUT2D eigenvalue weighted by Crippen LogP contribution is 2.17. The average molecular weight is 279 g/mol. The predicted molar refractivity (Wildman–Crippen MR) is 86.4 cm³/mol. The van der Waals surface area contributed by atoms with Crippen LogP contribution in [0.2, 0.25) is 0 Å². The topological polar surface area (TPSA) is 29.3 Å². The molecular weight excluding hydrogens is 258 g/mol. The SMILES string of the molecule is CC(CCNCc1cnn2ccccc12)c1ccccc1. The Kier molecular flexibility index (Phi) is 4.31. The highest BCUT2D eigenvalue weighted by atomic mass is 15.2. The Bertz CT molecular complexity index is 688. The molecule has 0 radical (unpaired) electrons. The maximum absolute atomic E-state index is 4.36. The Balaban J connectivity index is 1.50. The van der Waals surface area contributed by atoms with Gasteiger partial charge in [-0.2, -0.15) is 5.10 Å². The molecule has 3 rings (SSSR count). The fourth-order valence-corrected chi connectivity index (χ4v) is 2.61. The molecule has 0 fully saturated rings. The van der Waals surface area contributed by atoms with Crippen molar-refractivity contribution in [3.63, 3.8) is 0 Å². The van der Waals surface area contributed by atoms with Crippen LogP contribution in [0.3, 0.4) is 0 Å². The van der Waals surface area contributed by atoms with E-state index in [0.29, 0.717) is 5.92 Å². The largest absolute Gasteiger partial charge is 0.313 e. The summed E-state index contributed by atoms with van der Waals surface area (Å²) in [4.78, 5) is 0. The van der Waals surface area contributed by atoms with Gasteiger partial charge in [-0.05, 0) is 36.6 Å². The predicted octanol–water partition coefficient (Wildman–Crippen LogP) is 3.62. The quantitative estimate of drug-likeness (QED) is 0.698. The van der Waals surface area contributed by atoms with E-state index in [0.717, 1.165) is 19.5 Å². The lowest BCUT2D eigenvalue weighted by atomic mass is 9.98. The molecular formula is C18H21N3. The molecule has 21 heavy (non-hydrogen) atoms. The summed E-state index contributed by atoms with van der Waals surface area (Å²) in [7, 11) is 0. The van der Waals surface area contributed by atoms with Crippen molar-refractivity contribution in [3.8, 4) is 0 Å². The zero-order valence-corrected chi connectivity index (χ0v) is 12.4. The van der Waals surface area contributed by atoms with Gasteiger partial charge in [-0.3, -0.25) is 0 Å². The van der Waals surface area contributed by atoms with Crippen LogP contribution < -0.4 is 5.32 Å². The highest BCUT2D eigenvalue weighted by Gasteiger charge is 2.05. The minimum atomic E-state index is 0.586. The molecule has 1 unspecified atom stereocenters. The molecule has 0 spiro atoms. The lowest BCUT2D eigenvalue weighted by Gasteiger charge is -2.12. The number of rotatable bonds is 6. The molecule has 0 aliphatic heterocycles. The summed E-state index contributed by atoms with van der Waals surface area (Å²) in [5, 5.41) is 7.88. The van der Waals surface area contributed by atoms with Crippen LogP contribution in [0, 0.1) is 0 Å². The first-order valence-corrected chi connectivity index (χ1v) is 7.51. The molecule has 0 aliphatic rings. The van der Waals surface area contributed by atoms with Gasteiger partial charge in [0.2, 0.25) is 0 Å². The Morgan fingerprint density at radius 1 is 1.10 bits per heavy atom. The fraction of sp³-hybridized carbons (Fsp3) is 0.278. The van der Waals surface area contributed by atoms with Crippen molar-refractivity contribution >= 4 is 5.52 Å². The summed E-state index contributed by atoms with van der Waals surface area (Å²) in [6.07, 6.45) is 5.07. The first kappa shape index (κ1) is 13.8. The summed E-state index contributed by atoms with van der Waals surface area (Å²) in [6, 6.07) is 16.9. The number of hydrogen-bond donors (Lipinski definition) is 1. The minimum absolute atomic E-state index is 0.586. The Morgan fingerprint density at radius 3 is 2.76 bits per heavy atom. The van der Waals surface area contributed by atoms with E-state index in [2.05, 4.69) is 59.8 Å². The lowest BCUT2D eigenvalue weighted by molar-refractivity contribution is 0.595. The normalized spacial score (nSPS) is 12.6. The van der Waals surface area contributed by atoms with Gasteiger partial charge >= 0.3 is 0 Å². The van der Waals surface area contributed by atoms with Gasteiger partial charge in [-0.25, -0.2) is 4.52 Å². The van der Waals surface area contributed by atoms with E-state index in [9.17, 15) is 0 Å². The van der Waals surface area contributed by atoms with Crippen LogP contribution in [0.15, 0.2) is 60.9 Å². The zero-order valence-electron chi connectivity index (χ0n) is 12.4. The van der Waals surface area contributed by atoms with Crippen LogP contribution >= 0.6 is 0 Å². The van der Waals surface area contributed by atoms with Gasteiger partial charge in [-0.15, -0.1) is 0 Å². The number of nitrogens with zero attached hydrogens (tertiary/aromatic N) is 2. The van der Waals surface area contributed by atoms with Crippen LogP contribution in [0.1, 0.15) is 30.4 Å². The molecule has 0 bridgehead atoms. The molecule has 0 amide bonds. The van der Waals surface area contributed by atoms with Crippen LogP contribution in [0.25, 0.3) is 5.52 Å². The number of fused-ring (bicyclic) bond motifs is 1. The van der Waals surface area contributed by atoms with Crippen molar-refractivity contribution < 1.29 is 0 Å². The first-order valence-electron chi connectivity index (χ1n) is 7.51. The third kappa shape index (κ3) is 3.31. The summed E-state index contributed by atoms with van der Waals surface area (Å²) >= 11 is 0. The van der Waals surface area contributed by atoms with E-state index >= 15 is 0 Å². The Labute approximate surface area is 125 Å². The second-order valence-corrected chi connectivity index (χ2v) is 5.48. The van der Waals surface area contributed by atoms with E-state index in [4.69, 9.17) is 0 Å². The number of hydrogen-bond acceptors (Lipinski definition) is 2. The molecule has 1 N–H and O–H groups in total. The number of nitrogens with one attached hydrogen (secondary N) is 1. The summed E-state index contributed by atoms with van der Waals surface area (Å²) in [6.45, 7) is 4.17. The van der Waals surface area contributed by atoms with Crippen molar-refractivity contribution in [2.75, 3.05) is 6.54 Å². The molecule has 1 atom stereocenters. The van der Waals surface area contributed by atoms with Gasteiger partial charge < -0.3 is 5.32 Å². The van der Waals surface area contributed by atoms with Gasteiger partial charge in [0.15, 0.2) is 0 Å². The third-order valence-corrected chi connectivity index (χ3v) is 3.94. The van der Waals surface area contributed by atoms with Gasteiger partial charge in [-0.1, -0.05) is 43.3 Å². The maximum Gasteiger partial charge on any atom is 0.0706 e. The van der Waals surface area contributed by atoms with Crippen LogP contribution in [0.5, 0.6) is 0 Å². The molecule has 2 aromatic heterocycles. The van der Waals surface area contributed by atoms with Gasteiger partial charge in [0.1, 0.15) is 0 Å². The van der Waals surface area contributed by atoms with Crippen LogP contribution in [-0.4, -0.2) is 16.2 Å². The van der Waals surface area contributed by atoms with E-state index in [1.807, 2.05) is 23.0 Å². The van der Waals surface area contributed by atoms with Crippen molar-refractivity contribution in [2.45, 2.75) is 25.8 Å². The van der Waals surface area contributed by atoms with Gasteiger partial charge in [0.25, 0.3) is 0 Å². The molecule has 3 heteroatoms. The highest BCUT2D eigenvalue weighted by molar-refractivity contribution is 5.53. The van der Waals surface area contributed by atoms with Crippen LogP contribution in [0.4, 0.5) is 0 Å². The molecule has 0 saturated carbocycles. The molecule has 1 aromatic carbocycles. The lowest BCUT2D eigenvalue weighted by Crippen LogP contribution is -2.16. The van der Waals surface area contributed by atoms with E-state index < -0.39 is 0 Å². The number of pyridine rings is 1. The van der Waals surface area contributed by atoms with E-state index in [1.54, 1.807) is 0 Å². The van der Waals surface area contributed by atoms with Crippen molar-refractivity contribution in [3.05, 3.63) is 72.1 Å². The van der Waals surface area contributed by atoms with Gasteiger partial charge in [0, 0.05) is 18.3 Å². The smallest absolute Gasteiger partial charge is 0.0706 e. The molecule has 108 valence electrons. The van der Waals surface area contributed by atoms with Crippen molar-refractivity contribution in [1.29, 1.82) is 0 Å². The zero-order chi connectivity index (χ0) is 14.5. The molecule has 3 nitrogen and oxygen atoms in total. The standard InChI is InChI=1S/C18H21N3/c1-15(16-7-3-2-4-8-16)10-11-19-13-17-14-20-21-12-6-5-9-18(17)21/h2-9,12,14-15,19H,10-11,13H2,1H3. The molecule has 2 heterocycles. The maximum atomic E-state index is 4.36. The summed E-state index contributed by atoms with van der Waals surface area (Å²) in [5.41, 5.74) is 3.85. The monoisotopic (exact) mass is 279 g/mol. The second kappa shape index (κ2) is 6.55. The first-order chi connectivity index (χ1) is 10.3. The van der Waals surface area contributed by atoms with Crippen molar-refractivity contribution in [2.24, 2.45) is 0 Å². The van der Waals surface area contributed by atoms with Crippen LogP contribution in [-0.2, 0) is 6.54 Å². The number of aromatic nitrogens is 2. The average Bonchev–Trinajstić information content (AvgIpc) is 2.95.